The van der Waals surface area contributed by atoms with Crippen LogP contribution in [0.3, 0.4) is 0 Å². The zero-order valence-corrected chi connectivity index (χ0v) is 14.0. The molecule has 8 heteroatoms. The topological polar surface area (TPSA) is 108 Å². The standard InChI is InChI=1S/C18H18N4O4/c23-14-4-3-13(16(24)21-14)22-17(25)10-2-1-9(6-11(10)18(22)26)20-15-8-5-12(15)19-7-8/h1-2,6,8,12-13,15,19-20H,3-5,7H2,(H,21,23,24)/t8-,12-,13?,15-/m1/s1. The summed E-state index contributed by atoms with van der Waals surface area (Å²) < 4.78 is 0. The van der Waals surface area contributed by atoms with E-state index in [-0.39, 0.29) is 18.7 Å². The number of anilines is 1. The van der Waals surface area contributed by atoms with Crippen molar-refractivity contribution < 1.29 is 19.2 Å². The molecule has 0 aromatic heterocycles. The Bertz CT molecular complexity index is 853. The van der Waals surface area contributed by atoms with E-state index in [2.05, 4.69) is 16.0 Å². The van der Waals surface area contributed by atoms with Crippen LogP contribution in [-0.4, -0.2) is 53.2 Å². The fraction of sp³-hybridized carbons (Fsp3) is 0.444. The van der Waals surface area contributed by atoms with Gasteiger partial charge in [0, 0.05) is 30.7 Å². The van der Waals surface area contributed by atoms with Crippen LogP contribution in [0.1, 0.15) is 40.0 Å². The molecule has 1 aliphatic carbocycles. The fourth-order valence-electron chi connectivity index (χ4n) is 4.45. The summed E-state index contributed by atoms with van der Waals surface area (Å²) in [5, 5.41) is 9.07. The van der Waals surface area contributed by atoms with E-state index in [0.717, 1.165) is 17.1 Å². The monoisotopic (exact) mass is 354 g/mol. The smallest absolute Gasteiger partial charge is 0.262 e. The van der Waals surface area contributed by atoms with Crippen molar-refractivity contribution in [3.8, 4) is 0 Å². The molecule has 4 heterocycles. The molecule has 4 fully saturated rings. The lowest BCUT2D eigenvalue weighted by Gasteiger charge is -2.35. The van der Waals surface area contributed by atoms with Crippen LogP contribution in [0.15, 0.2) is 18.2 Å². The van der Waals surface area contributed by atoms with E-state index in [1.54, 1.807) is 18.2 Å². The lowest BCUT2D eigenvalue weighted by atomic mass is 9.80. The normalized spacial score (nSPS) is 32.4. The molecular weight excluding hydrogens is 336 g/mol. The van der Waals surface area contributed by atoms with Gasteiger partial charge in [0.05, 0.1) is 11.1 Å². The van der Waals surface area contributed by atoms with E-state index in [4.69, 9.17) is 0 Å². The fourth-order valence-corrected chi connectivity index (χ4v) is 4.45. The Labute approximate surface area is 149 Å². The molecule has 1 saturated carbocycles. The quantitative estimate of drug-likeness (QED) is 0.652. The van der Waals surface area contributed by atoms with Crippen LogP contribution in [0.25, 0.3) is 0 Å². The van der Waals surface area contributed by atoms with Crippen molar-refractivity contribution in [1.82, 2.24) is 15.5 Å². The van der Waals surface area contributed by atoms with Gasteiger partial charge in [0.25, 0.3) is 11.8 Å². The molecule has 2 bridgehead atoms. The lowest BCUT2D eigenvalue weighted by Crippen LogP contribution is -2.54. The van der Waals surface area contributed by atoms with E-state index >= 15 is 0 Å². The Morgan fingerprint density at radius 1 is 1.08 bits per heavy atom. The first-order valence-corrected chi connectivity index (χ1v) is 8.88. The van der Waals surface area contributed by atoms with Gasteiger partial charge in [0.2, 0.25) is 11.8 Å². The number of rotatable bonds is 3. The van der Waals surface area contributed by atoms with Crippen molar-refractivity contribution in [1.29, 1.82) is 0 Å². The van der Waals surface area contributed by atoms with Gasteiger partial charge in [-0.2, -0.15) is 0 Å². The van der Waals surface area contributed by atoms with Gasteiger partial charge in [-0.3, -0.25) is 29.4 Å². The van der Waals surface area contributed by atoms with E-state index in [0.29, 0.717) is 29.1 Å². The number of piperidine rings is 1. The lowest BCUT2D eigenvalue weighted by molar-refractivity contribution is -0.136. The van der Waals surface area contributed by atoms with Gasteiger partial charge in [-0.25, -0.2) is 0 Å². The molecule has 26 heavy (non-hydrogen) atoms. The first-order valence-electron chi connectivity index (χ1n) is 8.88. The van der Waals surface area contributed by atoms with Crippen LogP contribution < -0.4 is 16.0 Å². The molecule has 1 unspecified atom stereocenters. The number of nitrogens with zero attached hydrogens (tertiary/aromatic N) is 1. The molecule has 3 N–H and O–H groups in total. The van der Waals surface area contributed by atoms with Gasteiger partial charge in [-0.05, 0) is 37.0 Å². The maximum Gasteiger partial charge on any atom is 0.262 e. The van der Waals surface area contributed by atoms with Gasteiger partial charge in [-0.1, -0.05) is 0 Å². The van der Waals surface area contributed by atoms with Crippen molar-refractivity contribution in [3.63, 3.8) is 0 Å². The molecule has 6 rings (SSSR count). The van der Waals surface area contributed by atoms with E-state index in [9.17, 15) is 19.2 Å². The first-order chi connectivity index (χ1) is 12.5. The molecule has 5 aliphatic rings. The van der Waals surface area contributed by atoms with Crippen LogP contribution >= 0.6 is 0 Å². The number of nitrogens with one attached hydrogen (secondary N) is 3. The highest BCUT2D eigenvalue weighted by Gasteiger charge is 2.47. The van der Waals surface area contributed by atoms with Crippen molar-refractivity contribution in [2.75, 3.05) is 11.9 Å². The highest BCUT2D eigenvalue weighted by Crippen LogP contribution is 2.37. The second-order valence-corrected chi connectivity index (χ2v) is 7.39. The number of benzene rings is 1. The molecule has 4 amide bonds. The van der Waals surface area contributed by atoms with E-state index in [1.807, 2.05) is 0 Å². The average molecular weight is 354 g/mol. The van der Waals surface area contributed by atoms with Gasteiger partial charge >= 0.3 is 0 Å². The predicted molar refractivity (Wildman–Crippen MR) is 90.4 cm³/mol. The largest absolute Gasteiger partial charge is 0.380 e. The van der Waals surface area contributed by atoms with Crippen LogP contribution in [-0.2, 0) is 9.59 Å². The summed E-state index contributed by atoms with van der Waals surface area (Å²) in [5.41, 5.74) is 1.42. The maximum absolute atomic E-state index is 12.8. The number of hydrogen-bond donors (Lipinski definition) is 3. The van der Waals surface area contributed by atoms with Crippen molar-refractivity contribution >= 4 is 29.3 Å². The molecule has 134 valence electrons. The Morgan fingerprint density at radius 2 is 1.88 bits per heavy atom. The number of imide groups is 2. The number of amides is 4. The Morgan fingerprint density at radius 3 is 2.58 bits per heavy atom. The summed E-state index contributed by atoms with van der Waals surface area (Å²) in [4.78, 5) is 49.8. The van der Waals surface area contributed by atoms with Gasteiger partial charge in [0.1, 0.15) is 6.04 Å². The van der Waals surface area contributed by atoms with E-state index < -0.39 is 23.8 Å². The maximum atomic E-state index is 12.8. The summed E-state index contributed by atoms with van der Waals surface area (Å²) in [6.07, 6.45) is 1.45. The Hall–Kier alpha value is -2.74. The van der Waals surface area contributed by atoms with E-state index in [1.165, 1.54) is 6.42 Å². The first kappa shape index (κ1) is 15.5. The second kappa shape index (κ2) is 5.38. The molecule has 1 aromatic rings. The summed E-state index contributed by atoms with van der Waals surface area (Å²) in [6.45, 7) is 1.01. The van der Waals surface area contributed by atoms with Gasteiger partial charge < -0.3 is 10.6 Å². The van der Waals surface area contributed by atoms with Crippen LogP contribution in [0.4, 0.5) is 5.69 Å². The van der Waals surface area contributed by atoms with Crippen LogP contribution in [0.2, 0.25) is 0 Å². The third kappa shape index (κ3) is 2.11. The molecule has 4 aliphatic heterocycles. The highest BCUT2D eigenvalue weighted by molar-refractivity contribution is 6.23. The Kier molecular flexibility index (Phi) is 3.21. The number of hydrogen-bond acceptors (Lipinski definition) is 6. The Balaban J connectivity index is 1.40. The van der Waals surface area contributed by atoms with Gasteiger partial charge in [0.15, 0.2) is 0 Å². The van der Waals surface area contributed by atoms with Gasteiger partial charge in [-0.15, -0.1) is 0 Å². The number of fused-ring (bicyclic) bond motifs is 2. The minimum atomic E-state index is -0.928. The molecular formula is C18H18N4O4. The van der Waals surface area contributed by atoms with Crippen molar-refractivity contribution in [2.45, 2.75) is 37.4 Å². The zero-order valence-electron chi connectivity index (χ0n) is 14.0. The molecule has 0 radical (unpaired) electrons. The second-order valence-electron chi connectivity index (χ2n) is 7.39. The minimum Gasteiger partial charge on any atom is -0.380 e. The summed E-state index contributed by atoms with van der Waals surface area (Å²) in [5.74, 6) is -1.32. The third-order valence-electron chi connectivity index (χ3n) is 5.91. The summed E-state index contributed by atoms with van der Waals surface area (Å²) in [7, 11) is 0. The summed E-state index contributed by atoms with van der Waals surface area (Å²) >= 11 is 0. The number of carbonyl (C=O) groups excluding carboxylic acids is 4. The van der Waals surface area contributed by atoms with Crippen molar-refractivity contribution in [2.24, 2.45) is 5.92 Å². The SMILES string of the molecule is O=C1CCC(N2C(=O)c3ccc(N[C@@H]4[C@H]5CN[C@@H]4C5)cc3C2=O)C(=O)N1. The molecule has 0 spiro atoms. The summed E-state index contributed by atoms with van der Waals surface area (Å²) in [6, 6.07) is 5.02. The molecule has 8 nitrogen and oxygen atoms in total. The average Bonchev–Trinajstić information content (AvgIpc) is 3.30. The highest BCUT2D eigenvalue weighted by atomic mass is 16.2. The number of carbonyl (C=O) groups is 4. The minimum absolute atomic E-state index is 0.119. The zero-order chi connectivity index (χ0) is 18.0. The van der Waals surface area contributed by atoms with Crippen molar-refractivity contribution in [3.05, 3.63) is 29.3 Å². The molecule has 3 saturated heterocycles. The van der Waals surface area contributed by atoms with Crippen LogP contribution in [0.5, 0.6) is 0 Å². The predicted octanol–water partition coefficient (Wildman–Crippen LogP) is -0.140. The third-order valence-corrected chi connectivity index (χ3v) is 5.91. The molecule has 1 aromatic carbocycles. The molecule has 4 atom stereocenters. The van der Waals surface area contributed by atoms with Crippen LogP contribution in [0, 0.1) is 5.92 Å².